The second-order valence-corrected chi connectivity index (χ2v) is 19.5. The summed E-state index contributed by atoms with van der Waals surface area (Å²) in [5.41, 5.74) is 0. The largest absolute Gasteiger partial charge is 0.481 e. The Hall–Kier alpha value is -1.41. The summed E-state index contributed by atoms with van der Waals surface area (Å²) in [6.45, 7) is 7.16. The van der Waals surface area contributed by atoms with E-state index in [1.54, 1.807) is 6.92 Å². The number of carboxylic acids is 1. The van der Waals surface area contributed by atoms with Crippen LogP contribution < -0.4 is 0 Å². The molecular formula is C46H82O24. The van der Waals surface area contributed by atoms with Crippen molar-refractivity contribution in [3.63, 3.8) is 0 Å². The lowest BCUT2D eigenvalue weighted by atomic mass is 9.95. The van der Waals surface area contributed by atoms with E-state index in [9.17, 15) is 66.1 Å². The Bertz CT molecular complexity index is 1520. The molecule has 5 rings (SSSR count). The molecule has 0 spiro atoms. The van der Waals surface area contributed by atoms with Crippen LogP contribution in [-0.2, 0) is 52.2 Å². The fraction of sp³-hybridized carbons (Fsp3) is 0.978. The average Bonchev–Trinajstić information content (AvgIpc) is 3.32. The molecule has 5 aliphatic heterocycles. The van der Waals surface area contributed by atoms with Gasteiger partial charge in [-0.1, -0.05) is 64.7 Å². The molecule has 24 heteroatoms. The lowest BCUT2D eigenvalue weighted by Crippen LogP contribution is -2.67. The number of carboxylic acid groups (broad SMARTS) is 1. The molecule has 70 heavy (non-hydrogen) atoms. The van der Waals surface area contributed by atoms with Crippen LogP contribution >= 0.6 is 0 Å². The zero-order valence-corrected chi connectivity index (χ0v) is 40.7. The summed E-state index contributed by atoms with van der Waals surface area (Å²) in [4.78, 5) is 10.8. The Balaban J connectivity index is 1.27. The van der Waals surface area contributed by atoms with Gasteiger partial charge in [-0.25, -0.2) is 0 Å². The fourth-order valence-corrected chi connectivity index (χ4v) is 9.56. The predicted octanol–water partition coefficient (Wildman–Crippen LogP) is -2.25. The van der Waals surface area contributed by atoms with Crippen LogP contribution in [0.2, 0.25) is 0 Å². The summed E-state index contributed by atoms with van der Waals surface area (Å²) in [5.74, 6) is -0.794. The molecule has 0 amide bonds. The van der Waals surface area contributed by atoms with Crippen LogP contribution in [0.1, 0.15) is 118 Å². The molecule has 24 nitrogen and oxygen atoms in total. The van der Waals surface area contributed by atoms with Crippen LogP contribution in [0.5, 0.6) is 0 Å². The molecular weight excluding hydrogens is 936 g/mol. The molecule has 0 aromatic carbocycles. The van der Waals surface area contributed by atoms with E-state index in [4.69, 9.17) is 52.5 Å². The number of hydrogen-bond acceptors (Lipinski definition) is 23. The number of unbranched alkanes of at least 4 members (excludes halogenated alkanes) is 8. The minimum absolute atomic E-state index is 0.166. The van der Waals surface area contributed by atoms with Gasteiger partial charge >= 0.3 is 5.97 Å². The van der Waals surface area contributed by atoms with Gasteiger partial charge in [0.15, 0.2) is 31.5 Å². The van der Waals surface area contributed by atoms with E-state index in [0.29, 0.717) is 19.3 Å². The first-order valence-electron chi connectivity index (χ1n) is 25.1. The van der Waals surface area contributed by atoms with E-state index in [0.717, 1.165) is 57.8 Å². The maximum atomic E-state index is 11.9. The number of ether oxygens (including phenoxy) is 10. The maximum Gasteiger partial charge on any atom is 0.303 e. The van der Waals surface area contributed by atoms with Crippen LogP contribution in [0.15, 0.2) is 0 Å². The van der Waals surface area contributed by atoms with Gasteiger partial charge in [-0.2, -0.15) is 0 Å². The quantitative estimate of drug-likeness (QED) is 0.0430. The van der Waals surface area contributed by atoms with Gasteiger partial charge in [0.25, 0.3) is 0 Å². The van der Waals surface area contributed by atoms with Crippen molar-refractivity contribution in [2.45, 2.75) is 278 Å². The van der Waals surface area contributed by atoms with E-state index < -0.39 is 166 Å². The first kappa shape index (κ1) is 59.5. The third-order valence-electron chi connectivity index (χ3n) is 14.0. The van der Waals surface area contributed by atoms with Gasteiger partial charge in [-0.05, 0) is 47.0 Å². The molecule has 26 atom stereocenters. The van der Waals surface area contributed by atoms with Crippen molar-refractivity contribution in [2.75, 3.05) is 6.61 Å². The minimum Gasteiger partial charge on any atom is -0.481 e. The molecule has 410 valence electrons. The van der Waals surface area contributed by atoms with E-state index in [1.807, 2.05) is 0 Å². The Labute approximate surface area is 408 Å². The number of aliphatic hydroxyl groups is 12. The van der Waals surface area contributed by atoms with Crippen molar-refractivity contribution >= 4 is 5.97 Å². The summed E-state index contributed by atoms with van der Waals surface area (Å²) in [7, 11) is 0. The van der Waals surface area contributed by atoms with E-state index in [2.05, 4.69) is 6.92 Å². The number of aliphatic hydroxyl groups excluding tert-OH is 12. The van der Waals surface area contributed by atoms with E-state index in [-0.39, 0.29) is 12.5 Å². The maximum absolute atomic E-state index is 11.9. The number of aliphatic carboxylic acids is 1. The van der Waals surface area contributed by atoms with Crippen LogP contribution in [0.25, 0.3) is 0 Å². The molecule has 0 aromatic heterocycles. The summed E-state index contributed by atoms with van der Waals surface area (Å²) in [6.07, 6.45) is -29.0. The zero-order valence-electron chi connectivity index (χ0n) is 40.7. The first-order valence-corrected chi connectivity index (χ1v) is 25.1. The van der Waals surface area contributed by atoms with Crippen LogP contribution in [0.3, 0.4) is 0 Å². The summed E-state index contributed by atoms with van der Waals surface area (Å²) in [5, 5.41) is 139. The van der Waals surface area contributed by atoms with Gasteiger partial charge in [-0.3, -0.25) is 4.79 Å². The van der Waals surface area contributed by atoms with E-state index in [1.165, 1.54) is 20.8 Å². The standard InChI is InChI=1S/C46H82O24/c1-6-7-13-16-24(17-14-11-9-8-10-12-15-18-26(48)49)65-46-41(32(55)28(51)21(3)62-46)70-43-36(59)33(56)38(22(4)63-43)67-45-37(60)40(69-42-34(57)30(53)27(50)20(2)61-42)39(23(5)64-45)68-44-35(58)31(54)29(52)25(19-47)66-44/h20-25,27-47,50-60H,6-19H2,1-5H3,(H,48,49). The molecule has 0 aliphatic carbocycles. The predicted molar refractivity (Wildman–Crippen MR) is 237 cm³/mol. The molecule has 5 fully saturated rings. The Kier molecular flexibility index (Phi) is 23.7. The summed E-state index contributed by atoms with van der Waals surface area (Å²) >= 11 is 0. The summed E-state index contributed by atoms with van der Waals surface area (Å²) in [6, 6.07) is 0. The van der Waals surface area contributed by atoms with Gasteiger partial charge in [0.2, 0.25) is 0 Å². The van der Waals surface area contributed by atoms with Crippen molar-refractivity contribution in [3.8, 4) is 0 Å². The molecule has 0 bridgehead atoms. The number of hydrogen-bond donors (Lipinski definition) is 13. The van der Waals surface area contributed by atoms with Crippen LogP contribution in [0, 0.1) is 0 Å². The van der Waals surface area contributed by atoms with Crippen molar-refractivity contribution < 1.29 is 119 Å². The van der Waals surface area contributed by atoms with Crippen molar-refractivity contribution in [2.24, 2.45) is 0 Å². The highest BCUT2D eigenvalue weighted by Crippen LogP contribution is 2.37. The highest BCUT2D eigenvalue weighted by molar-refractivity contribution is 5.66. The Morgan fingerprint density at radius 3 is 1.43 bits per heavy atom. The SMILES string of the molecule is CCCCCC(CCCCCCCCCC(=O)O)OC1OC(C)C(O)C(O)C1OC1OC(C)C(OC2OC(C)C(OC3OC(CO)C(O)C(O)C3O)C(OC3OC(C)C(O)C(O)C3O)C2O)C(O)C1O. The van der Waals surface area contributed by atoms with Crippen LogP contribution in [-0.4, -0.2) is 239 Å². The lowest BCUT2D eigenvalue weighted by Gasteiger charge is -2.50. The summed E-state index contributed by atoms with van der Waals surface area (Å²) < 4.78 is 60.0. The second kappa shape index (κ2) is 27.9. The zero-order chi connectivity index (χ0) is 51.6. The van der Waals surface area contributed by atoms with Gasteiger partial charge in [0, 0.05) is 6.42 Å². The van der Waals surface area contributed by atoms with Gasteiger partial charge < -0.3 is 114 Å². The normalized spacial score (nSPS) is 45.4. The highest BCUT2D eigenvalue weighted by Gasteiger charge is 2.56. The third kappa shape index (κ3) is 15.1. The van der Waals surface area contributed by atoms with Gasteiger partial charge in [0.05, 0.1) is 37.1 Å². The highest BCUT2D eigenvalue weighted by atomic mass is 16.8. The van der Waals surface area contributed by atoms with Crippen molar-refractivity contribution in [3.05, 3.63) is 0 Å². The molecule has 13 N–H and O–H groups in total. The van der Waals surface area contributed by atoms with Gasteiger partial charge in [-0.15, -0.1) is 0 Å². The lowest BCUT2D eigenvalue weighted by molar-refractivity contribution is -0.400. The van der Waals surface area contributed by atoms with Crippen molar-refractivity contribution in [1.82, 2.24) is 0 Å². The van der Waals surface area contributed by atoms with Gasteiger partial charge in [0.1, 0.15) is 97.7 Å². The topological polar surface area (TPSA) is 372 Å². The average molecular weight is 1020 g/mol. The molecule has 0 aromatic rings. The van der Waals surface area contributed by atoms with E-state index >= 15 is 0 Å². The second-order valence-electron chi connectivity index (χ2n) is 19.5. The smallest absolute Gasteiger partial charge is 0.303 e. The minimum atomic E-state index is -1.94. The third-order valence-corrected chi connectivity index (χ3v) is 14.0. The monoisotopic (exact) mass is 1020 g/mol. The number of carbonyl (C=O) groups is 1. The Morgan fingerprint density at radius 1 is 0.429 bits per heavy atom. The van der Waals surface area contributed by atoms with Crippen LogP contribution in [0.4, 0.5) is 0 Å². The molecule has 26 unspecified atom stereocenters. The van der Waals surface area contributed by atoms with Crippen molar-refractivity contribution in [1.29, 1.82) is 0 Å². The fourth-order valence-electron chi connectivity index (χ4n) is 9.56. The molecule has 5 saturated heterocycles. The first-order chi connectivity index (χ1) is 33.2. The number of rotatable bonds is 25. The molecule has 0 saturated carbocycles. The molecule has 5 aliphatic rings. The molecule has 5 heterocycles. The molecule has 0 radical (unpaired) electrons. The Morgan fingerprint density at radius 2 is 0.843 bits per heavy atom.